The highest BCUT2D eigenvalue weighted by molar-refractivity contribution is 6.09. The molecule has 1 unspecified atom stereocenters. The third kappa shape index (κ3) is 5.53. The topological polar surface area (TPSA) is 106 Å². The van der Waals surface area contributed by atoms with Crippen LogP contribution in [0.4, 0.5) is 0 Å². The number of aliphatic hydroxyl groups excluding tert-OH is 2. The third-order valence-electron chi connectivity index (χ3n) is 5.53. The molecule has 3 rings (SSSR count). The molecule has 0 aromatic heterocycles. The highest BCUT2D eigenvalue weighted by Crippen LogP contribution is 2.43. The summed E-state index contributed by atoms with van der Waals surface area (Å²) in [5.74, 6) is -0.556. The summed E-state index contributed by atoms with van der Waals surface area (Å²) >= 11 is 0. The number of ether oxygens (including phenoxy) is 3. The molecule has 2 aromatic rings. The molecule has 0 saturated heterocycles. The number of ketones is 1. The molecule has 176 valence electrons. The van der Waals surface area contributed by atoms with Gasteiger partial charge in [0.1, 0.15) is 11.5 Å². The van der Waals surface area contributed by atoms with E-state index in [1.807, 2.05) is 30.3 Å². The quantitative estimate of drug-likeness (QED) is 0.474. The minimum atomic E-state index is -0.858. The Kier molecular flexibility index (Phi) is 8.46. The molecule has 8 nitrogen and oxygen atoms in total. The minimum absolute atomic E-state index is 0.0321. The fourth-order valence-corrected chi connectivity index (χ4v) is 3.91. The predicted molar refractivity (Wildman–Crippen MR) is 121 cm³/mol. The third-order valence-corrected chi connectivity index (χ3v) is 5.53. The van der Waals surface area contributed by atoms with Gasteiger partial charge in [-0.2, -0.15) is 0 Å². The van der Waals surface area contributed by atoms with E-state index in [9.17, 15) is 14.7 Å². The number of carbonyl (C=O) groups excluding carboxylic acids is 2. The molecule has 33 heavy (non-hydrogen) atoms. The van der Waals surface area contributed by atoms with Gasteiger partial charge in [-0.3, -0.25) is 9.59 Å². The molecular weight excluding hydrogens is 426 g/mol. The van der Waals surface area contributed by atoms with Crippen LogP contribution in [0.25, 0.3) is 0 Å². The first-order valence-corrected chi connectivity index (χ1v) is 10.7. The summed E-state index contributed by atoms with van der Waals surface area (Å²) in [5.41, 5.74) is 1.55. The Morgan fingerprint density at radius 2 is 1.82 bits per heavy atom. The summed E-state index contributed by atoms with van der Waals surface area (Å²) in [6, 6.07) is 13.8. The number of methoxy groups -OCH3 is 2. The van der Waals surface area contributed by atoms with Crippen LogP contribution in [0.3, 0.4) is 0 Å². The van der Waals surface area contributed by atoms with Crippen molar-refractivity contribution in [3.63, 3.8) is 0 Å². The van der Waals surface area contributed by atoms with Gasteiger partial charge in [-0.05, 0) is 30.2 Å². The molecule has 0 spiro atoms. The van der Waals surface area contributed by atoms with Gasteiger partial charge in [0.25, 0.3) is 5.91 Å². The molecule has 0 aliphatic carbocycles. The number of amides is 1. The summed E-state index contributed by atoms with van der Waals surface area (Å²) in [4.78, 5) is 27.7. The van der Waals surface area contributed by atoms with Crippen molar-refractivity contribution in [3.8, 4) is 11.5 Å². The maximum Gasteiger partial charge on any atom is 0.290 e. The zero-order chi connectivity index (χ0) is 23.8. The van der Waals surface area contributed by atoms with E-state index in [1.54, 1.807) is 18.2 Å². The van der Waals surface area contributed by atoms with Gasteiger partial charge in [0, 0.05) is 18.5 Å². The summed E-state index contributed by atoms with van der Waals surface area (Å²) in [7, 11) is 3.02. The van der Waals surface area contributed by atoms with Crippen LogP contribution in [0.1, 0.15) is 23.6 Å². The zero-order valence-corrected chi connectivity index (χ0v) is 18.8. The van der Waals surface area contributed by atoms with Gasteiger partial charge in [0.15, 0.2) is 11.5 Å². The second kappa shape index (κ2) is 11.5. The zero-order valence-electron chi connectivity index (χ0n) is 18.8. The Morgan fingerprint density at radius 3 is 2.48 bits per heavy atom. The lowest BCUT2D eigenvalue weighted by atomic mass is 9.92. The van der Waals surface area contributed by atoms with Crippen molar-refractivity contribution in [2.75, 3.05) is 40.6 Å². The Bertz CT molecular complexity index is 1000. The van der Waals surface area contributed by atoms with Gasteiger partial charge in [-0.1, -0.05) is 30.3 Å². The van der Waals surface area contributed by atoms with E-state index in [2.05, 4.69) is 0 Å². The number of Topliss-reactive ketones (excluding diaryl/α,β-unsaturated/α-hetero) is 1. The Hall–Kier alpha value is -3.36. The molecule has 0 fully saturated rings. The monoisotopic (exact) mass is 455 g/mol. The average molecular weight is 456 g/mol. The fraction of sp³-hybridized carbons (Fsp3) is 0.360. The molecule has 0 bridgehead atoms. The maximum absolute atomic E-state index is 13.3. The second-order valence-electron chi connectivity index (χ2n) is 7.52. The predicted octanol–water partition coefficient (Wildman–Crippen LogP) is 2.61. The van der Waals surface area contributed by atoms with Gasteiger partial charge >= 0.3 is 0 Å². The van der Waals surface area contributed by atoms with Crippen LogP contribution in [0.2, 0.25) is 0 Å². The summed E-state index contributed by atoms with van der Waals surface area (Å²) in [6.45, 7) is 0.225. The summed E-state index contributed by atoms with van der Waals surface area (Å²) in [5, 5.41) is 19.7. The number of carbonyl (C=O) groups is 2. The van der Waals surface area contributed by atoms with E-state index in [-0.39, 0.29) is 44.1 Å². The highest BCUT2D eigenvalue weighted by atomic mass is 16.5. The van der Waals surface area contributed by atoms with Crippen molar-refractivity contribution in [2.45, 2.75) is 18.9 Å². The molecule has 1 aliphatic rings. The molecule has 2 N–H and O–H groups in total. The minimum Gasteiger partial charge on any atom is -0.503 e. The fourth-order valence-electron chi connectivity index (χ4n) is 3.91. The van der Waals surface area contributed by atoms with E-state index >= 15 is 0 Å². The summed E-state index contributed by atoms with van der Waals surface area (Å²) < 4.78 is 16.2. The number of nitrogens with zero attached hydrogens (tertiary/aromatic N) is 1. The first kappa shape index (κ1) is 24.3. The van der Waals surface area contributed by atoms with Crippen LogP contribution in [-0.4, -0.2) is 67.4 Å². The molecular formula is C25H29NO7. The molecule has 1 amide bonds. The van der Waals surface area contributed by atoms with E-state index in [4.69, 9.17) is 19.3 Å². The molecule has 1 atom stereocenters. The largest absolute Gasteiger partial charge is 0.503 e. The molecule has 0 saturated carbocycles. The lowest BCUT2D eigenvalue weighted by Gasteiger charge is -2.28. The van der Waals surface area contributed by atoms with Gasteiger partial charge in [-0.25, -0.2) is 0 Å². The molecule has 0 radical (unpaired) electrons. The first-order valence-electron chi connectivity index (χ1n) is 10.7. The SMILES string of the molecule is COc1ccc(OC)c(C2C(C(=O)CCc3ccccc3)=C(O)C(=O)N2CCOCCO)c1. The van der Waals surface area contributed by atoms with E-state index < -0.39 is 17.7 Å². The molecule has 8 heteroatoms. The van der Waals surface area contributed by atoms with Gasteiger partial charge < -0.3 is 29.3 Å². The Morgan fingerprint density at radius 1 is 1.06 bits per heavy atom. The first-order chi connectivity index (χ1) is 16.0. The Balaban J connectivity index is 1.96. The number of rotatable bonds is 12. The number of aliphatic hydroxyl groups is 2. The van der Waals surface area contributed by atoms with Crippen LogP contribution in [-0.2, 0) is 20.7 Å². The van der Waals surface area contributed by atoms with E-state index in [0.29, 0.717) is 23.5 Å². The van der Waals surface area contributed by atoms with Crippen LogP contribution in [0.15, 0.2) is 59.9 Å². The van der Waals surface area contributed by atoms with Crippen molar-refractivity contribution in [3.05, 3.63) is 71.0 Å². The number of hydrogen-bond donors (Lipinski definition) is 2. The molecule has 1 aliphatic heterocycles. The van der Waals surface area contributed by atoms with Crippen molar-refractivity contribution in [2.24, 2.45) is 0 Å². The standard InChI is InChI=1S/C25H29NO7/c1-31-18-9-11-21(32-2)19(16-18)23-22(20(28)10-8-17-6-4-3-5-7-17)24(29)25(30)26(23)12-14-33-15-13-27/h3-7,9,11,16,23,27,29H,8,10,12-15H2,1-2H3. The van der Waals surface area contributed by atoms with Crippen LogP contribution in [0, 0.1) is 0 Å². The molecule has 1 heterocycles. The highest BCUT2D eigenvalue weighted by Gasteiger charge is 2.44. The van der Waals surface area contributed by atoms with Crippen molar-refractivity contribution >= 4 is 11.7 Å². The van der Waals surface area contributed by atoms with Crippen LogP contribution < -0.4 is 9.47 Å². The number of benzene rings is 2. The van der Waals surface area contributed by atoms with Gasteiger partial charge in [0.2, 0.25) is 0 Å². The Labute approximate surface area is 193 Å². The average Bonchev–Trinajstić information content (AvgIpc) is 3.10. The summed E-state index contributed by atoms with van der Waals surface area (Å²) in [6.07, 6.45) is 0.612. The lowest BCUT2D eigenvalue weighted by Crippen LogP contribution is -2.34. The van der Waals surface area contributed by atoms with Crippen molar-refractivity contribution in [1.29, 1.82) is 0 Å². The second-order valence-corrected chi connectivity index (χ2v) is 7.52. The van der Waals surface area contributed by atoms with Crippen LogP contribution >= 0.6 is 0 Å². The lowest BCUT2D eigenvalue weighted by molar-refractivity contribution is -0.130. The smallest absolute Gasteiger partial charge is 0.290 e. The van der Waals surface area contributed by atoms with Crippen molar-refractivity contribution < 1.29 is 34.0 Å². The van der Waals surface area contributed by atoms with Crippen LogP contribution in [0.5, 0.6) is 11.5 Å². The normalized spacial score (nSPS) is 15.8. The van der Waals surface area contributed by atoms with Gasteiger partial charge in [0.05, 0.1) is 45.7 Å². The van der Waals surface area contributed by atoms with E-state index in [0.717, 1.165) is 5.56 Å². The number of aryl methyl sites for hydroxylation is 1. The van der Waals surface area contributed by atoms with Crippen molar-refractivity contribution in [1.82, 2.24) is 4.90 Å². The van der Waals surface area contributed by atoms with E-state index in [1.165, 1.54) is 19.1 Å². The van der Waals surface area contributed by atoms with Gasteiger partial charge in [-0.15, -0.1) is 0 Å². The molecule has 2 aromatic carbocycles. The maximum atomic E-state index is 13.3. The number of hydrogen-bond acceptors (Lipinski definition) is 7.